The van der Waals surface area contributed by atoms with Gasteiger partial charge in [0.05, 0.1) is 19.4 Å². The number of likely N-dealkylation sites (tertiary alicyclic amines) is 1. The van der Waals surface area contributed by atoms with Gasteiger partial charge in [-0.05, 0) is 38.0 Å². The SMILES string of the molecule is CC(N1CCOCC1)N1CCC[C@@H]1c1cc(F)ccc1F. The van der Waals surface area contributed by atoms with E-state index in [1.807, 2.05) is 0 Å². The third kappa shape index (κ3) is 3.10. The average Bonchev–Trinajstić information content (AvgIpc) is 2.99. The Morgan fingerprint density at radius 2 is 1.95 bits per heavy atom. The molecule has 0 bridgehead atoms. The summed E-state index contributed by atoms with van der Waals surface area (Å²) in [7, 11) is 0. The molecule has 2 fully saturated rings. The van der Waals surface area contributed by atoms with Crippen molar-refractivity contribution in [2.45, 2.75) is 32.0 Å². The summed E-state index contributed by atoms with van der Waals surface area (Å²) in [4.78, 5) is 4.65. The molecule has 3 rings (SSSR count). The van der Waals surface area contributed by atoms with Crippen molar-refractivity contribution in [2.75, 3.05) is 32.8 Å². The number of ether oxygens (including phenoxy) is 1. The minimum atomic E-state index is -0.364. The molecule has 0 N–H and O–H groups in total. The van der Waals surface area contributed by atoms with Crippen molar-refractivity contribution in [1.29, 1.82) is 0 Å². The van der Waals surface area contributed by atoms with Gasteiger partial charge in [0, 0.05) is 31.2 Å². The third-order valence-electron chi connectivity index (χ3n) is 4.67. The van der Waals surface area contributed by atoms with Gasteiger partial charge in [0.1, 0.15) is 11.6 Å². The molecular formula is C16H22F2N2O. The second kappa shape index (κ2) is 6.38. The fourth-order valence-electron chi connectivity index (χ4n) is 3.50. The summed E-state index contributed by atoms with van der Waals surface area (Å²) in [5.41, 5.74) is 0.493. The fraction of sp³-hybridized carbons (Fsp3) is 0.625. The predicted octanol–water partition coefficient (Wildman–Crippen LogP) is 2.78. The molecule has 0 amide bonds. The highest BCUT2D eigenvalue weighted by atomic mass is 19.1. The molecule has 2 aliphatic rings. The molecule has 116 valence electrons. The van der Waals surface area contributed by atoms with Gasteiger partial charge in [-0.25, -0.2) is 8.78 Å². The normalized spacial score (nSPS) is 26.1. The van der Waals surface area contributed by atoms with Crippen LogP contribution in [0.5, 0.6) is 0 Å². The van der Waals surface area contributed by atoms with Gasteiger partial charge in [-0.1, -0.05) is 0 Å². The Hall–Kier alpha value is -1.04. The Morgan fingerprint density at radius 3 is 2.71 bits per heavy atom. The number of halogens is 2. The van der Waals surface area contributed by atoms with Crippen LogP contribution in [-0.2, 0) is 4.74 Å². The number of morpholine rings is 1. The van der Waals surface area contributed by atoms with E-state index in [9.17, 15) is 8.78 Å². The molecule has 1 unspecified atom stereocenters. The lowest BCUT2D eigenvalue weighted by Crippen LogP contribution is -2.50. The van der Waals surface area contributed by atoms with E-state index in [1.165, 1.54) is 18.2 Å². The van der Waals surface area contributed by atoms with Crippen LogP contribution < -0.4 is 0 Å². The van der Waals surface area contributed by atoms with Gasteiger partial charge in [0.15, 0.2) is 0 Å². The highest BCUT2D eigenvalue weighted by Crippen LogP contribution is 2.36. The highest BCUT2D eigenvalue weighted by molar-refractivity contribution is 5.23. The summed E-state index contributed by atoms with van der Waals surface area (Å²) < 4.78 is 32.9. The minimum absolute atomic E-state index is 0.0291. The molecule has 2 saturated heterocycles. The lowest BCUT2D eigenvalue weighted by Gasteiger charge is -2.40. The molecular weight excluding hydrogens is 274 g/mol. The van der Waals surface area contributed by atoms with Crippen LogP contribution in [0.2, 0.25) is 0 Å². The molecule has 0 spiro atoms. The molecule has 1 aromatic rings. The maximum absolute atomic E-state index is 14.1. The van der Waals surface area contributed by atoms with Crippen molar-refractivity contribution < 1.29 is 13.5 Å². The van der Waals surface area contributed by atoms with Crippen LogP contribution in [0.3, 0.4) is 0 Å². The van der Waals surface area contributed by atoms with Gasteiger partial charge >= 0.3 is 0 Å². The zero-order valence-electron chi connectivity index (χ0n) is 12.4. The van der Waals surface area contributed by atoms with Crippen molar-refractivity contribution in [3.63, 3.8) is 0 Å². The summed E-state index contributed by atoms with van der Waals surface area (Å²) in [6, 6.07) is 3.74. The summed E-state index contributed by atoms with van der Waals surface area (Å²) in [5.74, 6) is -0.667. The molecule has 0 radical (unpaired) electrons. The molecule has 0 aromatic heterocycles. The zero-order chi connectivity index (χ0) is 14.8. The van der Waals surface area contributed by atoms with E-state index in [0.29, 0.717) is 5.56 Å². The van der Waals surface area contributed by atoms with Crippen LogP contribution in [0.4, 0.5) is 8.78 Å². The summed E-state index contributed by atoms with van der Waals surface area (Å²) in [5, 5.41) is 0. The minimum Gasteiger partial charge on any atom is -0.379 e. The molecule has 2 aliphatic heterocycles. The van der Waals surface area contributed by atoms with E-state index in [1.54, 1.807) is 0 Å². The van der Waals surface area contributed by atoms with Crippen LogP contribution >= 0.6 is 0 Å². The van der Waals surface area contributed by atoms with Crippen molar-refractivity contribution in [2.24, 2.45) is 0 Å². The van der Waals surface area contributed by atoms with Crippen LogP contribution in [0.1, 0.15) is 31.4 Å². The summed E-state index contributed by atoms with van der Waals surface area (Å²) >= 11 is 0. The van der Waals surface area contributed by atoms with E-state index in [2.05, 4.69) is 16.7 Å². The number of hydrogen-bond acceptors (Lipinski definition) is 3. The monoisotopic (exact) mass is 296 g/mol. The molecule has 1 aromatic carbocycles. The maximum Gasteiger partial charge on any atom is 0.128 e. The van der Waals surface area contributed by atoms with E-state index in [4.69, 9.17) is 4.74 Å². The third-order valence-corrected chi connectivity index (χ3v) is 4.67. The Labute approximate surface area is 124 Å². The standard InChI is InChI=1S/C16H22F2N2O/c1-12(19-7-9-21-10-8-19)20-6-2-3-16(20)14-11-13(17)4-5-15(14)18/h4-5,11-12,16H,2-3,6-10H2,1H3/t12?,16-/m1/s1. The first-order valence-corrected chi connectivity index (χ1v) is 7.69. The van der Waals surface area contributed by atoms with Gasteiger partial charge in [0.2, 0.25) is 0 Å². The lowest BCUT2D eigenvalue weighted by atomic mass is 10.0. The maximum atomic E-state index is 14.1. The first kappa shape index (κ1) is 14.9. The molecule has 0 saturated carbocycles. The molecule has 21 heavy (non-hydrogen) atoms. The Morgan fingerprint density at radius 1 is 1.19 bits per heavy atom. The highest BCUT2D eigenvalue weighted by Gasteiger charge is 2.34. The molecule has 2 atom stereocenters. The Kier molecular flexibility index (Phi) is 4.52. The first-order valence-electron chi connectivity index (χ1n) is 7.69. The van der Waals surface area contributed by atoms with Gasteiger partial charge < -0.3 is 4.74 Å². The summed E-state index contributed by atoms with van der Waals surface area (Å²) in [6.07, 6.45) is 2.13. The van der Waals surface area contributed by atoms with E-state index >= 15 is 0 Å². The van der Waals surface area contributed by atoms with Crippen molar-refractivity contribution in [3.8, 4) is 0 Å². The van der Waals surface area contributed by atoms with Crippen molar-refractivity contribution in [1.82, 2.24) is 9.80 Å². The number of benzene rings is 1. The fourth-order valence-corrected chi connectivity index (χ4v) is 3.50. The Bertz CT molecular complexity index is 491. The molecule has 2 heterocycles. The Balaban J connectivity index is 1.79. The number of nitrogens with zero attached hydrogens (tertiary/aromatic N) is 2. The molecule has 0 aliphatic carbocycles. The van der Waals surface area contributed by atoms with Crippen LogP contribution in [-0.4, -0.2) is 48.8 Å². The van der Waals surface area contributed by atoms with Gasteiger partial charge in [0.25, 0.3) is 0 Å². The number of rotatable bonds is 3. The zero-order valence-corrected chi connectivity index (χ0v) is 12.4. The van der Waals surface area contributed by atoms with Gasteiger partial charge in [-0.15, -0.1) is 0 Å². The average molecular weight is 296 g/mol. The second-order valence-electron chi connectivity index (χ2n) is 5.84. The topological polar surface area (TPSA) is 15.7 Å². The first-order chi connectivity index (χ1) is 10.2. The van der Waals surface area contributed by atoms with Crippen LogP contribution in [0.15, 0.2) is 18.2 Å². The second-order valence-corrected chi connectivity index (χ2v) is 5.84. The number of hydrogen-bond donors (Lipinski definition) is 0. The summed E-state index contributed by atoms with van der Waals surface area (Å²) in [6.45, 7) is 6.38. The largest absolute Gasteiger partial charge is 0.379 e. The predicted molar refractivity (Wildman–Crippen MR) is 76.9 cm³/mol. The van der Waals surface area contributed by atoms with Gasteiger partial charge in [-0.2, -0.15) is 0 Å². The molecule has 3 nitrogen and oxygen atoms in total. The van der Waals surface area contributed by atoms with Crippen LogP contribution in [0, 0.1) is 11.6 Å². The van der Waals surface area contributed by atoms with Crippen molar-refractivity contribution >= 4 is 0 Å². The smallest absolute Gasteiger partial charge is 0.128 e. The van der Waals surface area contributed by atoms with E-state index in [-0.39, 0.29) is 23.8 Å². The molecule has 5 heteroatoms. The quantitative estimate of drug-likeness (QED) is 0.853. The van der Waals surface area contributed by atoms with Crippen LogP contribution in [0.25, 0.3) is 0 Å². The van der Waals surface area contributed by atoms with Crippen molar-refractivity contribution in [3.05, 3.63) is 35.4 Å². The van der Waals surface area contributed by atoms with E-state index < -0.39 is 0 Å². The lowest BCUT2D eigenvalue weighted by molar-refractivity contribution is -0.0311. The van der Waals surface area contributed by atoms with Gasteiger partial charge in [-0.3, -0.25) is 9.80 Å². The van der Waals surface area contributed by atoms with E-state index in [0.717, 1.165) is 45.7 Å².